The maximum absolute atomic E-state index is 12.0. The highest BCUT2D eigenvalue weighted by atomic mass is 35.5. The fraction of sp³-hybridized carbons (Fsp3) is 0. The summed E-state index contributed by atoms with van der Waals surface area (Å²) in [5, 5.41) is 1.08. The molecule has 1 heterocycles. The minimum atomic E-state index is -0.0747. The van der Waals surface area contributed by atoms with Gasteiger partial charge in [0.05, 0.1) is 0 Å². The maximum atomic E-state index is 12.0. The Balaban J connectivity index is 1.79. The highest BCUT2D eigenvalue weighted by molar-refractivity contribution is 6.35. The number of hydrogen-bond acceptors (Lipinski definition) is 2. The lowest BCUT2D eigenvalue weighted by atomic mass is 10.1. The number of ketones is 1. The number of rotatable bonds is 4. The van der Waals surface area contributed by atoms with Gasteiger partial charge in [-0.05, 0) is 42.5 Å². The lowest BCUT2D eigenvalue weighted by molar-refractivity contribution is 0.104. The van der Waals surface area contributed by atoms with Gasteiger partial charge in [-0.25, -0.2) is 0 Å². The zero-order valence-corrected chi connectivity index (χ0v) is 13.5. The van der Waals surface area contributed by atoms with Gasteiger partial charge in [0.25, 0.3) is 0 Å². The Hall–Kier alpha value is -2.29. The number of carbonyl (C=O) groups is 1. The molecule has 2 aromatic carbocycles. The largest absolute Gasteiger partial charge is 0.457 e. The summed E-state index contributed by atoms with van der Waals surface area (Å²) >= 11 is 12.0. The maximum Gasteiger partial charge on any atom is 0.185 e. The van der Waals surface area contributed by atoms with Crippen LogP contribution in [0.2, 0.25) is 10.0 Å². The third-order valence-electron chi connectivity index (χ3n) is 3.23. The molecule has 0 radical (unpaired) electrons. The molecular formula is C19H12Cl2O2. The molecule has 0 N–H and O–H groups in total. The van der Waals surface area contributed by atoms with E-state index < -0.39 is 0 Å². The molecule has 1 aromatic heterocycles. The van der Waals surface area contributed by atoms with Crippen LogP contribution in [0.15, 0.2) is 71.2 Å². The van der Waals surface area contributed by atoms with E-state index in [1.165, 1.54) is 6.08 Å². The highest BCUT2D eigenvalue weighted by Gasteiger charge is 2.06. The zero-order chi connectivity index (χ0) is 16.2. The Kier molecular flexibility index (Phi) is 4.65. The Labute approximate surface area is 144 Å². The molecule has 0 saturated carbocycles. The van der Waals surface area contributed by atoms with E-state index in [0.29, 0.717) is 27.1 Å². The molecule has 0 atom stereocenters. The van der Waals surface area contributed by atoms with E-state index in [1.54, 1.807) is 42.5 Å². The van der Waals surface area contributed by atoms with Crippen molar-refractivity contribution in [1.29, 1.82) is 0 Å². The van der Waals surface area contributed by atoms with Crippen molar-refractivity contribution in [2.75, 3.05) is 0 Å². The SMILES string of the molecule is O=C(/C=C/c1ccc(-c2cc(Cl)cc(Cl)c2)o1)c1ccccc1. The third kappa shape index (κ3) is 3.92. The average Bonchev–Trinajstić information content (AvgIpc) is 3.01. The van der Waals surface area contributed by atoms with Gasteiger partial charge in [-0.3, -0.25) is 4.79 Å². The van der Waals surface area contributed by atoms with Crippen molar-refractivity contribution in [1.82, 2.24) is 0 Å². The Bertz CT molecular complexity index is 844. The molecular weight excluding hydrogens is 331 g/mol. The smallest absolute Gasteiger partial charge is 0.185 e. The van der Waals surface area contributed by atoms with E-state index in [2.05, 4.69) is 0 Å². The van der Waals surface area contributed by atoms with Crippen molar-refractivity contribution in [3.05, 3.63) is 88.1 Å². The van der Waals surface area contributed by atoms with Crippen LogP contribution in [-0.2, 0) is 0 Å². The molecule has 0 fully saturated rings. The molecule has 114 valence electrons. The Morgan fingerprint density at radius 2 is 1.61 bits per heavy atom. The normalized spacial score (nSPS) is 11.0. The summed E-state index contributed by atoms with van der Waals surface area (Å²) in [7, 11) is 0. The first-order valence-electron chi connectivity index (χ1n) is 6.95. The van der Waals surface area contributed by atoms with Crippen molar-refractivity contribution in [3.8, 4) is 11.3 Å². The molecule has 3 aromatic rings. The molecule has 4 heteroatoms. The van der Waals surface area contributed by atoms with Gasteiger partial charge >= 0.3 is 0 Å². The van der Waals surface area contributed by atoms with Gasteiger partial charge < -0.3 is 4.42 Å². The minimum absolute atomic E-state index is 0.0747. The van der Waals surface area contributed by atoms with E-state index >= 15 is 0 Å². The fourth-order valence-corrected chi connectivity index (χ4v) is 2.68. The van der Waals surface area contributed by atoms with Crippen molar-refractivity contribution < 1.29 is 9.21 Å². The monoisotopic (exact) mass is 342 g/mol. The summed E-state index contributed by atoms with van der Waals surface area (Å²) in [5.74, 6) is 1.15. The van der Waals surface area contributed by atoms with E-state index in [4.69, 9.17) is 27.6 Å². The first-order chi connectivity index (χ1) is 11.1. The predicted octanol–water partition coefficient (Wildman–Crippen LogP) is 6.15. The number of benzene rings is 2. The molecule has 23 heavy (non-hydrogen) atoms. The standard InChI is InChI=1S/C19H12Cl2O2/c20-15-10-14(11-16(21)12-15)19-9-7-17(23-19)6-8-18(22)13-4-2-1-3-5-13/h1-12H/b8-6+. The van der Waals surface area contributed by atoms with Crippen LogP contribution >= 0.6 is 23.2 Å². The Morgan fingerprint density at radius 1 is 0.913 bits per heavy atom. The van der Waals surface area contributed by atoms with Crippen molar-refractivity contribution in [2.45, 2.75) is 0 Å². The number of halogens is 2. The zero-order valence-electron chi connectivity index (χ0n) is 12.0. The summed E-state index contributed by atoms with van der Waals surface area (Å²) in [6.07, 6.45) is 3.13. The predicted molar refractivity (Wildman–Crippen MR) is 94.0 cm³/mol. The number of allylic oxidation sites excluding steroid dienone is 1. The number of furan rings is 1. The lowest BCUT2D eigenvalue weighted by Crippen LogP contribution is -1.92. The van der Waals surface area contributed by atoms with Gasteiger partial charge in [0, 0.05) is 21.2 Å². The first kappa shape index (κ1) is 15.6. The van der Waals surface area contributed by atoms with E-state index in [0.717, 1.165) is 5.56 Å². The van der Waals surface area contributed by atoms with Gasteiger partial charge in [0.15, 0.2) is 5.78 Å². The molecule has 0 saturated heterocycles. The van der Waals surface area contributed by atoms with Gasteiger partial charge in [-0.15, -0.1) is 0 Å². The first-order valence-corrected chi connectivity index (χ1v) is 7.71. The molecule has 3 rings (SSSR count). The van der Waals surface area contributed by atoms with Crippen LogP contribution in [-0.4, -0.2) is 5.78 Å². The highest BCUT2D eigenvalue weighted by Crippen LogP contribution is 2.28. The average molecular weight is 343 g/mol. The van der Waals surface area contributed by atoms with Crippen LogP contribution in [0, 0.1) is 0 Å². The molecule has 0 aliphatic rings. The van der Waals surface area contributed by atoms with Gasteiger partial charge in [-0.1, -0.05) is 53.5 Å². The lowest BCUT2D eigenvalue weighted by Gasteiger charge is -1.99. The van der Waals surface area contributed by atoms with Gasteiger partial charge in [-0.2, -0.15) is 0 Å². The molecule has 0 spiro atoms. The molecule has 2 nitrogen and oxygen atoms in total. The fourth-order valence-electron chi connectivity index (χ4n) is 2.15. The van der Waals surface area contributed by atoms with Crippen molar-refractivity contribution in [2.24, 2.45) is 0 Å². The summed E-state index contributed by atoms with van der Waals surface area (Å²) < 4.78 is 5.71. The van der Waals surface area contributed by atoms with Gasteiger partial charge in [0.1, 0.15) is 11.5 Å². The molecule has 0 amide bonds. The van der Waals surface area contributed by atoms with Crippen LogP contribution in [0.25, 0.3) is 17.4 Å². The second kappa shape index (κ2) is 6.86. The van der Waals surface area contributed by atoms with Crippen LogP contribution in [0.5, 0.6) is 0 Å². The van der Waals surface area contributed by atoms with Crippen molar-refractivity contribution in [3.63, 3.8) is 0 Å². The minimum Gasteiger partial charge on any atom is -0.457 e. The second-order valence-electron chi connectivity index (χ2n) is 4.92. The van der Waals surface area contributed by atoms with E-state index in [1.807, 2.05) is 24.3 Å². The van der Waals surface area contributed by atoms with Crippen LogP contribution in [0.4, 0.5) is 0 Å². The van der Waals surface area contributed by atoms with E-state index in [-0.39, 0.29) is 5.78 Å². The van der Waals surface area contributed by atoms with Crippen molar-refractivity contribution >= 4 is 35.1 Å². The number of hydrogen-bond donors (Lipinski definition) is 0. The quantitative estimate of drug-likeness (QED) is 0.420. The molecule has 0 aliphatic heterocycles. The van der Waals surface area contributed by atoms with Crippen LogP contribution in [0.3, 0.4) is 0 Å². The summed E-state index contributed by atoms with van der Waals surface area (Å²) in [6, 6.07) is 17.9. The second-order valence-corrected chi connectivity index (χ2v) is 5.80. The summed E-state index contributed by atoms with van der Waals surface area (Å²) in [5.41, 5.74) is 1.42. The van der Waals surface area contributed by atoms with Crippen LogP contribution < -0.4 is 0 Å². The van der Waals surface area contributed by atoms with Crippen LogP contribution in [0.1, 0.15) is 16.1 Å². The number of carbonyl (C=O) groups excluding carboxylic acids is 1. The summed E-state index contributed by atoms with van der Waals surface area (Å²) in [4.78, 5) is 12.0. The molecule has 0 aliphatic carbocycles. The van der Waals surface area contributed by atoms with E-state index in [9.17, 15) is 4.79 Å². The Morgan fingerprint density at radius 3 is 2.30 bits per heavy atom. The molecule has 0 unspecified atom stereocenters. The topological polar surface area (TPSA) is 30.2 Å². The third-order valence-corrected chi connectivity index (χ3v) is 3.67. The van der Waals surface area contributed by atoms with Gasteiger partial charge in [0.2, 0.25) is 0 Å². The molecule has 0 bridgehead atoms. The summed E-state index contributed by atoms with van der Waals surface area (Å²) in [6.45, 7) is 0.